The minimum atomic E-state index is -0.524. The van der Waals surface area contributed by atoms with Gasteiger partial charge in [-0.3, -0.25) is 20.0 Å². The smallest absolute Gasteiger partial charge is 0.267 e. The molecule has 0 bridgehead atoms. The van der Waals surface area contributed by atoms with Crippen molar-refractivity contribution in [1.29, 1.82) is 0 Å². The lowest BCUT2D eigenvalue weighted by Gasteiger charge is -2.34. The Bertz CT molecular complexity index is 790. The van der Waals surface area contributed by atoms with Gasteiger partial charge in [-0.05, 0) is 50.0 Å². The molecule has 0 saturated carbocycles. The molecule has 1 aliphatic heterocycles. The number of rotatable bonds is 4. The highest BCUT2D eigenvalue weighted by molar-refractivity contribution is 5.90. The van der Waals surface area contributed by atoms with E-state index in [-0.39, 0.29) is 0 Å². The summed E-state index contributed by atoms with van der Waals surface area (Å²) in [5.41, 5.74) is 8.69. The van der Waals surface area contributed by atoms with Crippen LogP contribution in [0.2, 0.25) is 0 Å². The minimum Gasteiger partial charge on any atom is -0.292 e. The second-order valence-corrected chi connectivity index (χ2v) is 6.58. The molecular weight excluding hydrogens is 316 g/mol. The molecule has 25 heavy (non-hydrogen) atoms. The predicted molar refractivity (Wildman–Crippen MR) is 96.0 cm³/mol. The van der Waals surface area contributed by atoms with Crippen LogP contribution in [-0.4, -0.2) is 32.8 Å². The molecular formula is C19H24N4O2. The van der Waals surface area contributed by atoms with Crippen molar-refractivity contribution >= 4 is 12.0 Å². The number of nitrogens with one attached hydrogen (secondary N) is 2. The van der Waals surface area contributed by atoms with Gasteiger partial charge in [0.05, 0.1) is 5.69 Å². The van der Waals surface area contributed by atoms with Crippen molar-refractivity contribution in [1.82, 2.24) is 20.6 Å². The molecule has 1 atom stereocenters. The molecule has 1 amide bonds. The number of hydroxylamine groups is 1. The Balaban J connectivity index is 1.76. The van der Waals surface area contributed by atoms with E-state index in [1.54, 1.807) is 11.6 Å². The number of H-pyrrole nitrogens is 1. The molecule has 3 N–H and O–H groups in total. The van der Waals surface area contributed by atoms with Crippen molar-refractivity contribution in [2.75, 3.05) is 6.54 Å². The van der Waals surface area contributed by atoms with Gasteiger partial charge in [0.2, 0.25) is 0 Å². The third kappa shape index (κ3) is 3.65. The summed E-state index contributed by atoms with van der Waals surface area (Å²) >= 11 is 0. The number of nitrogens with zero attached hydrogens (tertiary/aromatic N) is 2. The van der Waals surface area contributed by atoms with Crippen LogP contribution in [0.25, 0.3) is 6.08 Å². The fourth-order valence-electron chi connectivity index (χ4n) is 3.60. The zero-order valence-electron chi connectivity index (χ0n) is 14.8. The summed E-state index contributed by atoms with van der Waals surface area (Å²) in [6.45, 7) is 8.25. The number of benzene rings is 1. The Morgan fingerprint density at radius 2 is 2.20 bits per heavy atom. The van der Waals surface area contributed by atoms with Gasteiger partial charge >= 0.3 is 0 Å². The van der Waals surface area contributed by atoms with Gasteiger partial charge in [0.1, 0.15) is 0 Å². The average molecular weight is 340 g/mol. The number of fused-ring (bicyclic) bond motifs is 1. The third-order valence-corrected chi connectivity index (χ3v) is 4.96. The Morgan fingerprint density at radius 1 is 1.40 bits per heavy atom. The van der Waals surface area contributed by atoms with Crippen molar-refractivity contribution in [3.8, 4) is 0 Å². The highest BCUT2D eigenvalue weighted by Crippen LogP contribution is 2.30. The van der Waals surface area contributed by atoms with Gasteiger partial charge in [-0.2, -0.15) is 5.10 Å². The molecule has 1 aromatic heterocycles. The number of hydrogen-bond donors (Lipinski definition) is 3. The van der Waals surface area contributed by atoms with Crippen molar-refractivity contribution in [3.63, 3.8) is 0 Å². The van der Waals surface area contributed by atoms with Crippen LogP contribution in [0, 0.1) is 13.8 Å². The van der Waals surface area contributed by atoms with E-state index < -0.39 is 5.91 Å². The number of carbonyl (C=O) groups excluding carboxylic acids is 1. The lowest BCUT2D eigenvalue weighted by molar-refractivity contribution is -0.124. The monoisotopic (exact) mass is 340 g/mol. The van der Waals surface area contributed by atoms with Crippen LogP contribution in [0.15, 0.2) is 24.3 Å². The van der Waals surface area contributed by atoms with Gasteiger partial charge in [-0.15, -0.1) is 0 Å². The number of amides is 1. The SMILES string of the molecule is Cc1n[nH]c(C)c1C(C)N1CCc2cc(/C=C/C(=O)NO)ccc2C1. The molecule has 0 radical (unpaired) electrons. The zero-order valence-corrected chi connectivity index (χ0v) is 14.8. The van der Waals surface area contributed by atoms with Crippen molar-refractivity contribution in [3.05, 3.63) is 57.9 Å². The maximum Gasteiger partial charge on any atom is 0.267 e. The van der Waals surface area contributed by atoms with Gasteiger partial charge in [0.15, 0.2) is 0 Å². The first-order chi connectivity index (χ1) is 12.0. The molecule has 1 aliphatic rings. The van der Waals surface area contributed by atoms with Crippen LogP contribution in [0.4, 0.5) is 0 Å². The number of carbonyl (C=O) groups is 1. The van der Waals surface area contributed by atoms with Crippen LogP contribution in [0.5, 0.6) is 0 Å². The van der Waals surface area contributed by atoms with E-state index in [9.17, 15) is 4.79 Å². The molecule has 0 spiro atoms. The number of aromatic nitrogens is 2. The van der Waals surface area contributed by atoms with Crippen molar-refractivity contribution in [2.45, 2.75) is 39.8 Å². The van der Waals surface area contributed by atoms with E-state index in [4.69, 9.17) is 5.21 Å². The second-order valence-electron chi connectivity index (χ2n) is 6.58. The zero-order chi connectivity index (χ0) is 18.0. The Hall–Kier alpha value is -2.44. The van der Waals surface area contributed by atoms with Crippen LogP contribution in [0.3, 0.4) is 0 Å². The maximum absolute atomic E-state index is 11.1. The molecule has 0 aliphatic carbocycles. The third-order valence-electron chi connectivity index (χ3n) is 4.96. The van der Waals surface area contributed by atoms with Crippen LogP contribution < -0.4 is 5.48 Å². The molecule has 2 aromatic rings. The number of aryl methyl sites for hydroxylation is 2. The molecule has 0 fully saturated rings. The van der Waals surface area contributed by atoms with E-state index in [1.807, 2.05) is 13.0 Å². The predicted octanol–water partition coefficient (Wildman–Crippen LogP) is 2.66. The lowest BCUT2D eigenvalue weighted by Crippen LogP contribution is -2.33. The summed E-state index contributed by atoms with van der Waals surface area (Å²) in [4.78, 5) is 13.6. The Morgan fingerprint density at radius 3 is 2.88 bits per heavy atom. The van der Waals surface area contributed by atoms with Gasteiger partial charge in [-0.25, -0.2) is 5.48 Å². The standard InChI is InChI=1S/C19H24N4O2/c1-12-19(13(2)21-20-12)14(3)23-9-8-16-10-15(4-6-17(16)11-23)5-7-18(24)22-25/h4-7,10,14,25H,8-9,11H2,1-3H3,(H,20,21)(H,22,24)/b7-5+. The molecule has 1 unspecified atom stereocenters. The normalized spacial score (nSPS) is 16.0. The average Bonchev–Trinajstić information content (AvgIpc) is 2.96. The molecule has 2 heterocycles. The van der Waals surface area contributed by atoms with Gasteiger partial charge in [0, 0.05) is 36.5 Å². The van der Waals surface area contributed by atoms with Gasteiger partial charge < -0.3 is 0 Å². The molecule has 1 aromatic carbocycles. The minimum absolute atomic E-state index is 0.319. The Labute approximate surface area is 147 Å². The van der Waals surface area contributed by atoms with E-state index in [0.29, 0.717) is 6.04 Å². The fourth-order valence-corrected chi connectivity index (χ4v) is 3.60. The highest BCUT2D eigenvalue weighted by atomic mass is 16.5. The molecule has 3 rings (SSSR count). The van der Waals surface area contributed by atoms with E-state index in [2.05, 4.69) is 41.1 Å². The van der Waals surface area contributed by atoms with Crippen molar-refractivity contribution in [2.24, 2.45) is 0 Å². The van der Waals surface area contributed by atoms with Crippen molar-refractivity contribution < 1.29 is 10.0 Å². The summed E-state index contributed by atoms with van der Waals surface area (Å²) in [6.07, 6.45) is 4.01. The van der Waals surface area contributed by atoms with Crippen LogP contribution in [0.1, 0.15) is 46.6 Å². The molecule has 132 valence electrons. The lowest BCUT2D eigenvalue weighted by atomic mass is 9.94. The first-order valence-corrected chi connectivity index (χ1v) is 8.49. The summed E-state index contributed by atoms with van der Waals surface area (Å²) in [5, 5.41) is 15.9. The summed E-state index contributed by atoms with van der Waals surface area (Å²) in [5.74, 6) is -0.524. The maximum atomic E-state index is 11.1. The van der Waals surface area contributed by atoms with Gasteiger partial charge in [-0.1, -0.05) is 18.2 Å². The van der Waals surface area contributed by atoms with E-state index in [1.165, 1.54) is 22.8 Å². The number of hydrogen-bond acceptors (Lipinski definition) is 4. The Kier molecular flexibility index (Phi) is 5.01. The summed E-state index contributed by atoms with van der Waals surface area (Å²) < 4.78 is 0. The molecule has 0 saturated heterocycles. The van der Waals surface area contributed by atoms with Gasteiger partial charge in [0.25, 0.3) is 5.91 Å². The summed E-state index contributed by atoms with van der Waals surface area (Å²) in [6, 6.07) is 6.56. The van der Waals surface area contributed by atoms with E-state index in [0.717, 1.165) is 36.5 Å². The van der Waals surface area contributed by atoms with Crippen LogP contribution in [-0.2, 0) is 17.8 Å². The van der Waals surface area contributed by atoms with Crippen LogP contribution >= 0.6 is 0 Å². The largest absolute Gasteiger partial charge is 0.292 e. The molecule has 6 heteroatoms. The number of aromatic amines is 1. The first-order valence-electron chi connectivity index (χ1n) is 8.49. The highest BCUT2D eigenvalue weighted by Gasteiger charge is 2.25. The van der Waals surface area contributed by atoms with E-state index >= 15 is 0 Å². The molecule has 6 nitrogen and oxygen atoms in total. The summed E-state index contributed by atoms with van der Waals surface area (Å²) in [7, 11) is 0. The quantitative estimate of drug-likeness (QED) is 0.454. The topological polar surface area (TPSA) is 81.2 Å². The first kappa shape index (κ1) is 17.4. The fraction of sp³-hybridized carbons (Fsp3) is 0.368. The second kappa shape index (κ2) is 7.21.